The molecule has 2 aromatic heterocycles. The van der Waals surface area contributed by atoms with E-state index in [1.165, 1.54) is 36.0 Å². The Morgan fingerprint density at radius 1 is 1.07 bits per heavy atom. The lowest BCUT2D eigenvalue weighted by Crippen LogP contribution is -2.25. The molecule has 1 amide bonds. The lowest BCUT2D eigenvalue weighted by Gasteiger charge is -2.15. The first-order chi connectivity index (χ1) is 13.3. The second kappa shape index (κ2) is 8.39. The zero-order valence-corrected chi connectivity index (χ0v) is 15.9. The summed E-state index contributed by atoms with van der Waals surface area (Å²) in [5.74, 6) is 0.335. The molecule has 6 heteroatoms. The van der Waals surface area contributed by atoms with Crippen molar-refractivity contribution in [2.45, 2.75) is 37.4 Å². The zero-order chi connectivity index (χ0) is 18.5. The molecule has 0 atom stereocenters. The van der Waals surface area contributed by atoms with Gasteiger partial charge < -0.3 is 5.32 Å². The molecule has 2 heterocycles. The summed E-state index contributed by atoms with van der Waals surface area (Å²) in [6.07, 6.45) is 6.18. The highest BCUT2D eigenvalue weighted by Crippen LogP contribution is 2.30. The Bertz CT molecular complexity index is 909. The molecule has 0 unspecified atom stereocenters. The average Bonchev–Trinajstić information content (AvgIpc) is 3.10. The van der Waals surface area contributed by atoms with Crippen LogP contribution in [-0.4, -0.2) is 26.2 Å². The number of benzene rings is 1. The van der Waals surface area contributed by atoms with Crippen molar-refractivity contribution in [3.8, 4) is 5.69 Å². The van der Waals surface area contributed by atoms with Crippen molar-refractivity contribution in [2.75, 3.05) is 5.75 Å². The number of pyridine rings is 1. The van der Waals surface area contributed by atoms with Crippen molar-refractivity contribution in [1.29, 1.82) is 0 Å². The Kier molecular flexibility index (Phi) is 5.53. The SMILES string of the molecule is O=C(CSc1nc2c(n1-c1ccccc1)CCCC2)NCc1ccccn1. The average molecular weight is 379 g/mol. The minimum Gasteiger partial charge on any atom is -0.350 e. The number of aromatic nitrogens is 3. The van der Waals surface area contributed by atoms with Gasteiger partial charge in [-0.2, -0.15) is 0 Å². The fourth-order valence-electron chi connectivity index (χ4n) is 3.33. The summed E-state index contributed by atoms with van der Waals surface area (Å²) in [5.41, 5.74) is 4.45. The fourth-order valence-corrected chi connectivity index (χ4v) is 4.21. The summed E-state index contributed by atoms with van der Waals surface area (Å²) < 4.78 is 2.23. The molecule has 138 valence electrons. The van der Waals surface area contributed by atoms with Crippen LogP contribution < -0.4 is 5.32 Å². The number of hydrogen-bond donors (Lipinski definition) is 1. The molecule has 1 aliphatic rings. The van der Waals surface area contributed by atoms with Crippen molar-refractivity contribution >= 4 is 17.7 Å². The van der Waals surface area contributed by atoms with Crippen LogP contribution in [0.3, 0.4) is 0 Å². The predicted octanol–water partition coefficient (Wildman–Crippen LogP) is 3.55. The Balaban J connectivity index is 1.47. The molecule has 0 aliphatic heterocycles. The molecule has 0 bridgehead atoms. The predicted molar refractivity (Wildman–Crippen MR) is 107 cm³/mol. The van der Waals surface area contributed by atoms with E-state index in [4.69, 9.17) is 4.98 Å². The number of imidazole rings is 1. The van der Waals surface area contributed by atoms with Gasteiger partial charge in [0.05, 0.1) is 23.7 Å². The molecular formula is C21H22N4OS. The van der Waals surface area contributed by atoms with Gasteiger partial charge in [0.1, 0.15) is 0 Å². The van der Waals surface area contributed by atoms with Gasteiger partial charge in [-0.3, -0.25) is 14.3 Å². The van der Waals surface area contributed by atoms with Crippen LogP contribution in [0.15, 0.2) is 59.9 Å². The number of rotatable bonds is 6. The van der Waals surface area contributed by atoms with E-state index in [1.54, 1.807) is 6.20 Å². The van der Waals surface area contributed by atoms with Crippen molar-refractivity contribution in [1.82, 2.24) is 19.9 Å². The maximum atomic E-state index is 12.3. The van der Waals surface area contributed by atoms with Gasteiger partial charge in [0.2, 0.25) is 5.91 Å². The van der Waals surface area contributed by atoms with Crippen molar-refractivity contribution < 1.29 is 4.79 Å². The van der Waals surface area contributed by atoms with E-state index in [-0.39, 0.29) is 5.91 Å². The summed E-state index contributed by atoms with van der Waals surface area (Å²) in [6, 6.07) is 16.0. The summed E-state index contributed by atoms with van der Waals surface area (Å²) in [4.78, 5) is 21.4. The minimum absolute atomic E-state index is 0.00811. The van der Waals surface area contributed by atoms with Crippen LogP contribution >= 0.6 is 11.8 Å². The summed E-state index contributed by atoms with van der Waals surface area (Å²) in [7, 11) is 0. The molecule has 0 fully saturated rings. The van der Waals surface area contributed by atoms with Crippen molar-refractivity contribution in [3.63, 3.8) is 0 Å². The first kappa shape index (κ1) is 17.8. The van der Waals surface area contributed by atoms with E-state index in [2.05, 4.69) is 27.0 Å². The standard InChI is InChI=1S/C21H22N4OS/c26-20(23-14-16-8-6-7-13-22-16)15-27-21-24-18-11-4-5-12-19(18)25(21)17-9-2-1-3-10-17/h1-3,6-10,13H,4-5,11-12,14-15H2,(H,23,26). The quantitative estimate of drug-likeness (QED) is 0.667. The number of aryl methyl sites for hydroxylation is 1. The van der Waals surface area contributed by atoms with Gasteiger partial charge in [-0.05, 0) is 49.9 Å². The van der Waals surface area contributed by atoms with Gasteiger partial charge in [-0.25, -0.2) is 4.98 Å². The highest BCUT2D eigenvalue weighted by atomic mass is 32.2. The van der Waals surface area contributed by atoms with Gasteiger partial charge in [0, 0.05) is 17.6 Å². The van der Waals surface area contributed by atoms with Crippen LogP contribution in [0, 0.1) is 0 Å². The van der Waals surface area contributed by atoms with E-state index in [0.29, 0.717) is 12.3 Å². The number of para-hydroxylation sites is 1. The number of nitrogens with one attached hydrogen (secondary N) is 1. The number of amides is 1. The maximum absolute atomic E-state index is 12.3. The molecule has 0 radical (unpaired) electrons. The van der Waals surface area contributed by atoms with E-state index in [9.17, 15) is 4.79 Å². The molecule has 1 aliphatic carbocycles. The molecule has 4 rings (SSSR count). The first-order valence-electron chi connectivity index (χ1n) is 9.26. The van der Waals surface area contributed by atoms with Crippen LogP contribution in [-0.2, 0) is 24.2 Å². The van der Waals surface area contributed by atoms with Crippen LogP contribution in [0.5, 0.6) is 0 Å². The number of carbonyl (C=O) groups is 1. The molecule has 1 N–H and O–H groups in total. The molecule has 3 aromatic rings. The molecule has 0 spiro atoms. The number of carbonyl (C=O) groups excluding carboxylic acids is 1. The monoisotopic (exact) mass is 378 g/mol. The third kappa shape index (κ3) is 4.22. The number of fused-ring (bicyclic) bond motifs is 1. The Morgan fingerprint density at radius 3 is 2.70 bits per heavy atom. The smallest absolute Gasteiger partial charge is 0.230 e. The molecule has 27 heavy (non-hydrogen) atoms. The van der Waals surface area contributed by atoms with Crippen LogP contribution in [0.1, 0.15) is 29.9 Å². The van der Waals surface area contributed by atoms with Gasteiger partial charge in [-0.15, -0.1) is 0 Å². The maximum Gasteiger partial charge on any atom is 0.230 e. The highest BCUT2D eigenvalue weighted by Gasteiger charge is 2.21. The molecule has 0 saturated heterocycles. The topological polar surface area (TPSA) is 59.8 Å². The van der Waals surface area contributed by atoms with Crippen molar-refractivity contribution in [2.24, 2.45) is 0 Å². The minimum atomic E-state index is -0.00811. The molecular weight excluding hydrogens is 356 g/mol. The van der Waals surface area contributed by atoms with E-state index < -0.39 is 0 Å². The third-order valence-electron chi connectivity index (χ3n) is 4.64. The summed E-state index contributed by atoms with van der Waals surface area (Å²) in [5, 5.41) is 3.83. The fraction of sp³-hybridized carbons (Fsp3) is 0.286. The van der Waals surface area contributed by atoms with Crippen molar-refractivity contribution in [3.05, 3.63) is 71.8 Å². The number of nitrogens with zero attached hydrogens (tertiary/aromatic N) is 3. The Labute approximate surface area is 163 Å². The number of hydrogen-bond acceptors (Lipinski definition) is 4. The zero-order valence-electron chi connectivity index (χ0n) is 15.1. The molecule has 0 saturated carbocycles. The normalized spacial score (nSPS) is 13.2. The Hall–Kier alpha value is -2.60. The van der Waals surface area contributed by atoms with Crippen LogP contribution in [0.2, 0.25) is 0 Å². The van der Waals surface area contributed by atoms with Gasteiger partial charge in [-0.1, -0.05) is 36.0 Å². The summed E-state index contributed by atoms with van der Waals surface area (Å²) in [6.45, 7) is 0.448. The third-order valence-corrected chi connectivity index (χ3v) is 5.58. The van der Waals surface area contributed by atoms with Crippen LogP contribution in [0.4, 0.5) is 0 Å². The Morgan fingerprint density at radius 2 is 1.89 bits per heavy atom. The first-order valence-corrected chi connectivity index (χ1v) is 10.2. The molecule has 1 aromatic carbocycles. The lowest BCUT2D eigenvalue weighted by molar-refractivity contribution is -0.118. The van der Waals surface area contributed by atoms with E-state index in [1.807, 2.05) is 36.4 Å². The summed E-state index contributed by atoms with van der Waals surface area (Å²) >= 11 is 1.50. The number of thioether (sulfide) groups is 1. The second-order valence-corrected chi connectivity index (χ2v) is 7.49. The van der Waals surface area contributed by atoms with Crippen LogP contribution in [0.25, 0.3) is 5.69 Å². The lowest BCUT2D eigenvalue weighted by atomic mass is 10.0. The largest absolute Gasteiger partial charge is 0.350 e. The molecule has 5 nitrogen and oxygen atoms in total. The van der Waals surface area contributed by atoms with Gasteiger partial charge in [0.15, 0.2) is 5.16 Å². The van der Waals surface area contributed by atoms with Gasteiger partial charge in [0.25, 0.3) is 0 Å². The highest BCUT2D eigenvalue weighted by molar-refractivity contribution is 7.99. The van der Waals surface area contributed by atoms with E-state index in [0.717, 1.165) is 29.4 Å². The van der Waals surface area contributed by atoms with Gasteiger partial charge >= 0.3 is 0 Å². The second-order valence-electron chi connectivity index (χ2n) is 6.55. The van der Waals surface area contributed by atoms with E-state index >= 15 is 0 Å².